The highest BCUT2D eigenvalue weighted by molar-refractivity contribution is 5.87. The van der Waals surface area contributed by atoms with Gasteiger partial charge < -0.3 is 10.1 Å². The highest BCUT2D eigenvalue weighted by Crippen LogP contribution is 2.31. The van der Waals surface area contributed by atoms with Crippen LogP contribution in [-0.4, -0.2) is 28.6 Å². The predicted molar refractivity (Wildman–Crippen MR) is 63.9 cm³/mol. The Bertz CT molecular complexity index is 414. The lowest BCUT2D eigenvalue weighted by Gasteiger charge is -2.25. The van der Waals surface area contributed by atoms with Crippen LogP contribution < -0.4 is 5.32 Å². The Balaban J connectivity index is 2.13. The van der Waals surface area contributed by atoms with Crippen molar-refractivity contribution in [2.75, 3.05) is 12.4 Å². The van der Waals surface area contributed by atoms with Crippen LogP contribution in [0.15, 0.2) is 12.4 Å². The quantitative estimate of drug-likeness (QED) is 0.812. The van der Waals surface area contributed by atoms with Gasteiger partial charge in [0.1, 0.15) is 5.82 Å². The molecular weight excluding hydrogens is 218 g/mol. The number of methoxy groups -OCH3 is 1. The maximum absolute atomic E-state index is 11.3. The molecule has 0 bridgehead atoms. The summed E-state index contributed by atoms with van der Waals surface area (Å²) in [6.07, 6.45) is 7.75. The lowest BCUT2D eigenvalue weighted by atomic mass is 10.0. The minimum Gasteiger partial charge on any atom is -0.464 e. The van der Waals surface area contributed by atoms with E-state index in [1.165, 1.54) is 26.1 Å². The van der Waals surface area contributed by atoms with Crippen LogP contribution in [0.2, 0.25) is 0 Å². The van der Waals surface area contributed by atoms with Crippen LogP contribution >= 0.6 is 0 Å². The van der Waals surface area contributed by atoms with E-state index in [-0.39, 0.29) is 11.2 Å². The molecule has 1 heterocycles. The summed E-state index contributed by atoms with van der Waals surface area (Å²) < 4.78 is 4.62. The largest absolute Gasteiger partial charge is 0.464 e. The summed E-state index contributed by atoms with van der Waals surface area (Å²) in [5, 5.41) is 3.36. The standard InChI is InChI=1S/C12H17N3O2/c1-12(5-3-4-6-12)15-10-8-13-7-9(14-10)11(16)17-2/h7-8H,3-6H2,1-2H3,(H,14,15). The Morgan fingerprint density at radius 3 is 2.76 bits per heavy atom. The van der Waals surface area contributed by atoms with E-state index in [4.69, 9.17) is 0 Å². The second-order valence-corrected chi connectivity index (χ2v) is 4.67. The van der Waals surface area contributed by atoms with Gasteiger partial charge in [-0.25, -0.2) is 9.78 Å². The monoisotopic (exact) mass is 235 g/mol. The molecule has 17 heavy (non-hydrogen) atoms. The molecule has 0 unspecified atom stereocenters. The Morgan fingerprint density at radius 1 is 1.41 bits per heavy atom. The maximum atomic E-state index is 11.3. The molecule has 92 valence electrons. The van der Waals surface area contributed by atoms with Gasteiger partial charge in [0.2, 0.25) is 0 Å². The molecule has 5 heteroatoms. The SMILES string of the molecule is COC(=O)c1cncc(NC2(C)CCCC2)n1. The van der Waals surface area contributed by atoms with Gasteiger partial charge in [-0.15, -0.1) is 0 Å². The van der Waals surface area contributed by atoms with Gasteiger partial charge in [-0.3, -0.25) is 4.98 Å². The molecule has 0 aliphatic heterocycles. The summed E-state index contributed by atoms with van der Waals surface area (Å²) in [6.45, 7) is 2.17. The number of carbonyl (C=O) groups excluding carboxylic acids is 1. The topological polar surface area (TPSA) is 64.1 Å². The first-order valence-corrected chi connectivity index (χ1v) is 5.81. The van der Waals surface area contributed by atoms with E-state index in [2.05, 4.69) is 26.9 Å². The predicted octanol–water partition coefficient (Wildman–Crippen LogP) is 2.01. The van der Waals surface area contributed by atoms with Crippen molar-refractivity contribution in [3.63, 3.8) is 0 Å². The van der Waals surface area contributed by atoms with E-state index in [9.17, 15) is 4.79 Å². The van der Waals surface area contributed by atoms with Crippen molar-refractivity contribution < 1.29 is 9.53 Å². The molecule has 5 nitrogen and oxygen atoms in total. The minimum atomic E-state index is -0.460. The van der Waals surface area contributed by atoms with Crippen molar-refractivity contribution in [2.24, 2.45) is 0 Å². The van der Waals surface area contributed by atoms with Gasteiger partial charge in [0.15, 0.2) is 5.69 Å². The zero-order valence-electron chi connectivity index (χ0n) is 10.2. The highest BCUT2D eigenvalue weighted by atomic mass is 16.5. The van der Waals surface area contributed by atoms with Crippen molar-refractivity contribution in [3.05, 3.63) is 18.1 Å². The fourth-order valence-corrected chi connectivity index (χ4v) is 2.22. The molecule has 1 aromatic rings. The van der Waals surface area contributed by atoms with E-state index in [1.54, 1.807) is 6.20 Å². The fraction of sp³-hybridized carbons (Fsp3) is 0.583. The van der Waals surface area contributed by atoms with E-state index < -0.39 is 5.97 Å². The lowest BCUT2D eigenvalue weighted by Crippen LogP contribution is -2.31. The smallest absolute Gasteiger partial charge is 0.358 e. The number of ether oxygens (including phenoxy) is 1. The molecule has 0 amide bonds. The number of nitrogens with one attached hydrogen (secondary N) is 1. The van der Waals surface area contributed by atoms with E-state index in [1.807, 2.05) is 0 Å². The molecule has 1 aliphatic rings. The summed E-state index contributed by atoms with van der Waals surface area (Å²) in [5.74, 6) is 0.176. The number of hydrogen-bond acceptors (Lipinski definition) is 5. The van der Waals surface area contributed by atoms with Gasteiger partial charge in [0.25, 0.3) is 0 Å². The van der Waals surface area contributed by atoms with Crippen LogP contribution in [0, 0.1) is 0 Å². The molecule has 1 aromatic heterocycles. The number of nitrogens with zero attached hydrogens (tertiary/aromatic N) is 2. The summed E-state index contributed by atoms with van der Waals surface area (Å²) in [7, 11) is 1.34. The average Bonchev–Trinajstić information content (AvgIpc) is 2.75. The number of rotatable bonds is 3. The minimum absolute atomic E-state index is 0.0728. The van der Waals surface area contributed by atoms with Crippen LogP contribution in [0.25, 0.3) is 0 Å². The van der Waals surface area contributed by atoms with Crippen molar-refractivity contribution in [2.45, 2.75) is 38.1 Å². The zero-order valence-corrected chi connectivity index (χ0v) is 10.2. The third-order valence-corrected chi connectivity index (χ3v) is 3.17. The summed E-state index contributed by atoms with van der Waals surface area (Å²) >= 11 is 0. The molecule has 0 radical (unpaired) electrons. The molecule has 1 aliphatic carbocycles. The van der Waals surface area contributed by atoms with Crippen molar-refractivity contribution in [1.29, 1.82) is 0 Å². The first kappa shape index (κ1) is 11.8. The first-order valence-electron chi connectivity index (χ1n) is 5.81. The van der Waals surface area contributed by atoms with Crippen molar-refractivity contribution in [3.8, 4) is 0 Å². The number of hydrogen-bond donors (Lipinski definition) is 1. The van der Waals surface area contributed by atoms with Gasteiger partial charge >= 0.3 is 5.97 Å². The molecule has 1 fully saturated rings. The van der Waals surface area contributed by atoms with Crippen molar-refractivity contribution in [1.82, 2.24) is 9.97 Å². The third-order valence-electron chi connectivity index (χ3n) is 3.17. The second kappa shape index (κ2) is 4.69. The third kappa shape index (κ3) is 2.72. The highest BCUT2D eigenvalue weighted by Gasteiger charge is 2.28. The lowest BCUT2D eigenvalue weighted by molar-refractivity contribution is 0.0593. The van der Waals surface area contributed by atoms with Gasteiger partial charge in [-0.1, -0.05) is 12.8 Å². The number of carbonyl (C=O) groups is 1. The van der Waals surface area contributed by atoms with Crippen LogP contribution in [0.5, 0.6) is 0 Å². The molecule has 0 aromatic carbocycles. The first-order chi connectivity index (χ1) is 8.13. The molecule has 1 N–H and O–H groups in total. The fourth-order valence-electron chi connectivity index (χ4n) is 2.22. The van der Waals surface area contributed by atoms with Gasteiger partial charge in [-0.2, -0.15) is 0 Å². The average molecular weight is 235 g/mol. The van der Waals surface area contributed by atoms with Crippen LogP contribution in [0.1, 0.15) is 43.1 Å². The Labute approximate surface area is 101 Å². The molecule has 0 atom stereocenters. The second-order valence-electron chi connectivity index (χ2n) is 4.67. The van der Waals surface area contributed by atoms with E-state index in [0.717, 1.165) is 12.8 Å². The van der Waals surface area contributed by atoms with Crippen LogP contribution in [0.3, 0.4) is 0 Å². The molecule has 2 rings (SSSR count). The van der Waals surface area contributed by atoms with E-state index in [0.29, 0.717) is 5.82 Å². The molecule has 1 saturated carbocycles. The van der Waals surface area contributed by atoms with E-state index >= 15 is 0 Å². The molecule has 0 saturated heterocycles. The molecular formula is C12H17N3O2. The van der Waals surface area contributed by atoms with Crippen LogP contribution in [0.4, 0.5) is 5.82 Å². The van der Waals surface area contributed by atoms with Gasteiger partial charge in [0.05, 0.1) is 19.5 Å². The Morgan fingerprint density at radius 2 is 2.12 bits per heavy atom. The maximum Gasteiger partial charge on any atom is 0.358 e. The number of aromatic nitrogens is 2. The molecule has 0 spiro atoms. The summed E-state index contributed by atoms with van der Waals surface area (Å²) in [6, 6.07) is 0. The zero-order chi connectivity index (χ0) is 12.3. The summed E-state index contributed by atoms with van der Waals surface area (Å²) in [5.41, 5.74) is 0.308. The normalized spacial score (nSPS) is 17.8. The number of anilines is 1. The van der Waals surface area contributed by atoms with Gasteiger partial charge in [0, 0.05) is 5.54 Å². The van der Waals surface area contributed by atoms with Gasteiger partial charge in [-0.05, 0) is 19.8 Å². The van der Waals surface area contributed by atoms with Crippen LogP contribution in [-0.2, 0) is 4.74 Å². The van der Waals surface area contributed by atoms with Crippen molar-refractivity contribution >= 4 is 11.8 Å². The Hall–Kier alpha value is -1.65. The Kier molecular flexibility index (Phi) is 3.26. The number of esters is 1. The summed E-state index contributed by atoms with van der Waals surface area (Å²) in [4.78, 5) is 19.5.